The molecule has 1 aliphatic rings. The minimum atomic E-state index is -0.0813. The number of amides is 1. The molecule has 0 N–H and O–H groups in total. The topological polar surface area (TPSA) is 32.7 Å². The van der Waals surface area contributed by atoms with Crippen LogP contribution < -0.4 is 0 Å². The second-order valence-corrected chi connectivity index (χ2v) is 5.68. The molecule has 2 rings (SSSR count). The summed E-state index contributed by atoms with van der Waals surface area (Å²) in [5, 5.41) is 6.58. The zero-order valence-corrected chi connectivity index (χ0v) is 11.8. The van der Waals surface area contributed by atoms with E-state index in [1.807, 2.05) is 13.8 Å². The number of hydrazone groups is 1. The average molecular weight is 265 g/mol. The van der Waals surface area contributed by atoms with Crippen molar-refractivity contribution >= 4 is 23.2 Å². The smallest absolute Gasteiger partial charge is 0.267 e. The van der Waals surface area contributed by atoms with Crippen molar-refractivity contribution in [1.82, 2.24) is 5.01 Å². The minimum Gasteiger partial charge on any atom is -0.267 e. The van der Waals surface area contributed by atoms with E-state index >= 15 is 0 Å². The summed E-state index contributed by atoms with van der Waals surface area (Å²) in [6.07, 6.45) is 0. The molecular weight excluding hydrogens is 248 g/mol. The molecule has 0 spiro atoms. The predicted octanol–water partition coefficient (Wildman–Crippen LogP) is 3.59. The van der Waals surface area contributed by atoms with Crippen LogP contribution in [0, 0.1) is 5.41 Å². The molecule has 0 saturated carbocycles. The van der Waals surface area contributed by atoms with Crippen LogP contribution in [0.15, 0.2) is 29.4 Å². The van der Waals surface area contributed by atoms with Crippen LogP contribution in [0.3, 0.4) is 0 Å². The summed E-state index contributed by atoms with van der Waals surface area (Å²) in [7, 11) is 0. The Labute approximate surface area is 112 Å². The van der Waals surface area contributed by atoms with E-state index in [1.165, 1.54) is 0 Å². The first-order valence-corrected chi connectivity index (χ1v) is 6.36. The second-order valence-electron chi connectivity index (χ2n) is 5.24. The summed E-state index contributed by atoms with van der Waals surface area (Å²) in [6, 6.07) is 6.95. The number of hydrogen-bond acceptors (Lipinski definition) is 2. The maximum absolute atomic E-state index is 12.4. The first kappa shape index (κ1) is 13.1. The molecule has 96 valence electrons. The van der Waals surface area contributed by atoms with Crippen LogP contribution in [0.5, 0.6) is 0 Å². The van der Waals surface area contributed by atoms with E-state index in [4.69, 9.17) is 11.6 Å². The van der Waals surface area contributed by atoms with Crippen LogP contribution in [0.1, 0.15) is 38.1 Å². The van der Waals surface area contributed by atoms with Gasteiger partial charge < -0.3 is 0 Å². The molecule has 1 aliphatic heterocycles. The molecule has 0 fully saturated rings. The quantitative estimate of drug-likeness (QED) is 0.763. The Balaban J connectivity index is 2.29. The highest BCUT2D eigenvalue weighted by atomic mass is 35.5. The van der Waals surface area contributed by atoms with Gasteiger partial charge in [0.25, 0.3) is 5.91 Å². The highest BCUT2D eigenvalue weighted by Gasteiger charge is 2.41. The van der Waals surface area contributed by atoms with Crippen LogP contribution in [0.2, 0.25) is 5.02 Å². The van der Waals surface area contributed by atoms with Gasteiger partial charge in [0.05, 0.1) is 6.04 Å². The molecule has 18 heavy (non-hydrogen) atoms. The maximum Gasteiger partial charge on any atom is 0.274 e. The van der Waals surface area contributed by atoms with Crippen molar-refractivity contribution in [2.45, 2.75) is 33.7 Å². The average Bonchev–Trinajstić information content (AvgIpc) is 2.53. The molecule has 3 nitrogen and oxygen atoms in total. The van der Waals surface area contributed by atoms with Crippen molar-refractivity contribution in [3.63, 3.8) is 0 Å². The molecule has 0 radical (unpaired) electrons. The van der Waals surface area contributed by atoms with E-state index in [0.717, 1.165) is 5.71 Å². The van der Waals surface area contributed by atoms with Gasteiger partial charge in [0, 0.05) is 21.7 Å². The molecule has 1 aromatic rings. The molecule has 1 atom stereocenters. The van der Waals surface area contributed by atoms with E-state index in [9.17, 15) is 4.79 Å². The summed E-state index contributed by atoms with van der Waals surface area (Å²) in [4.78, 5) is 12.4. The summed E-state index contributed by atoms with van der Waals surface area (Å²) in [5.41, 5.74) is 1.51. The van der Waals surface area contributed by atoms with Gasteiger partial charge in [-0.1, -0.05) is 25.4 Å². The monoisotopic (exact) mass is 264 g/mol. The van der Waals surface area contributed by atoms with Crippen LogP contribution >= 0.6 is 11.6 Å². The Kier molecular flexibility index (Phi) is 3.20. The lowest BCUT2D eigenvalue weighted by Crippen LogP contribution is -2.39. The fraction of sp³-hybridized carbons (Fsp3) is 0.429. The number of hydrogen-bond donors (Lipinski definition) is 0. The lowest BCUT2D eigenvalue weighted by molar-refractivity contribution is 0.0669. The Morgan fingerprint density at radius 1 is 1.33 bits per heavy atom. The van der Waals surface area contributed by atoms with Crippen LogP contribution in [-0.2, 0) is 0 Å². The lowest BCUT2D eigenvalue weighted by Gasteiger charge is -2.28. The fourth-order valence-electron chi connectivity index (χ4n) is 1.93. The van der Waals surface area contributed by atoms with Crippen molar-refractivity contribution in [2.75, 3.05) is 0 Å². The number of halogens is 1. The van der Waals surface area contributed by atoms with Crippen molar-refractivity contribution in [1.29, 1.82) is 0 Å². The number of carbonyl (C=O) groups is 1. The third kappa shape index (κ3) is 2.03. The van der Waals surface area contributed by atoms with Crippen LogP contribution in [0.25, 0.3) is 0 Å². The Hall–Kier alpha value is -1.35. The van der Waals surface area contributed by atoms with Crippen LogP contribution in [-0.4, -0.2) is 22.7 Å². The number of carbonyl (C=O) groups excluding carboxylic acids is 1. The normalized spacial score (nSPS) is 21.9. The molecule has 4 heteroatoms. The summed E-state index contributed by atoms with van der Waals surface area (Å²) >= 11 is 5.82. The molecular formula is C14H17ClN2O. The fourth-order valence-corrected chi connectivity index (χ4v) is 2.06. The standard InChI is InChI=1S/C14H17ClN2O/c1-9-14(3,4)10(2)17(16-9)13(18)11-5-7-12(15)8-6-11/h5-8,10H,1-4H3. The summed E-state index contributed by atoms with van der Waals surface area (Å²) < 4.78 is 0. The Morgan fingerprint density at radius 2 is 1.89 bits per heavy atom. The van der Waals surface area contributed by atoms with Crippen molar-refractivity contribution in [3.8, 4) is 0 Å². The third-order valence-electron chi connectivity index (χ3n) is 3.90. The predicted molar refractivity (Wildman–Crippen MR) is 74.0 cm³/mol. The molecule has 1 amide bonds. The summed E-state index contributed by atoms with van der Waals surface area (Å²) in [5.74, 6) is -0.0795. The van der Waals surface area contributed by atoms with E-state index < -0.39 is 0 Å². The largest absolute Gasteiger partial charge is 0.274 e. The molecule has 1 unspecified atom stereocenters. The van der Waals surface area contributed by atoms with Gasteiger partial charge in [-0.15, -0.1) is 0 Å². The summed E-state index contributed by atoms with van der Waals surface area (Å²) in [6.45, 7) is 8.19. The van der Waals surface area contributed by atoms with Gasteiger partial charge in [-0.25, -0.2) is 5.01 Å². The van der Waals surface area contributed by atoms with Crippen molar-refractivity contribution in [2.24, 2.45) is 10.5 Å². The van der Waals surface area contributed by atoms with E-state index in [1.54, 1.807) is 29.3 Å². The molecule has 0 bridgehead atoms. The number of rotatable bonds is 1. The highest BCUT2D eigenvalue weighted by Crippen LogP contribution is 2.34. The first-order valence-electron chi connectivity index (χ1n) is 5.99. The Morgan fingerprint density at radius 3 is 2.33 bits per heavy atom. The lowest BCUT2D eigenvalue weighted by atomic mass is 9.82. The number of nitrogens with zero attached hydrogens (tertiary/aromatic N) is 2. The molecule has 0 saturated heterocycles. The molecule has 0 aromatic heterocycles. The van der Waals surface area contributed by atoms with Gasteiger partial charge in [0.15, 0.2) is 0 Å². The van der Waals surface area contributed by atoms with E-state index in [0.29, 0.717) is 10.6 Å². The second kappa shape index (κ2) is 4.39. The zero-order chi connectivity index (χ0) is 13.5. The first-order chi connectivity index (χ1) is 8.34. The van der Waals surface area contributed by atoms with Crippen molar-refractivity contribution in [3.05, 3.63) is 34.9 Å². The van der Waals surface area contributed by atoms with Gasteiger partial charge in [-0.05, 0) is 38.1 Å². The van der Waals surface area contributed by atoms with Crippen molar-refractivity contribution < 1.29 is 4.79 Å². The zero-order valence-electron chi connectivity index (χ0n) is 11.1. The minimum absolute atomic E-state index is 0.0562. The Bertz CT molecular complexity index is 505. The third-order valence-corrected chi connectivity index (χ3v) is 4.15. The molecule has 1 aromatic carbocycles. The van der Waals surface area contributed by atoms with Gasteiger partial charge in [-0.3, -0.25) is 4.79 Å². The van der Waals surface area contributed by atoms with Gasteiger partial charge >= 0.3 is 0 Å². The maximum atomic E-state index is 12.4. The highest BCUT2D eigenvalue weighted by molar-refractivity contribution is 6.30. The SMILES string of the molecule is CC1=NN(C(=O)c2ccc(Cl)cc2)C(C)C1(C)C. The van der Waals surface area contributed by atoms with E-state index in [-0.39, 0.29) is 17.4 Å². The van der Waals surface area contributed by atoms with Gasteiger partial charge in [0.1, 0.15) is 0 Å². The molecule has 0 aliphatic carbocycles. The number of benzene rings is 1. The van der Waals surface area contributed by atoms with E-state index in [2.05, 4.69) is 18.9 Å². The van der Waals surface area contributed by atoms with Gasteiger partial charge in [0.2, 0.25) is 0 Å². The molecule has 1 heterocycles. The van der Waals surface area contributed by atoms with Crippen LogP contribution in [0.4, 0.5) is 0 Å². The van der Waals surface area contributed by atoms with Gasteiger partial charge in [-0.2, -0.15) is 5.10 Å².